The first-order valence-corrected chi connectivity index (χ1v) is 7.74. The molecule has 1 N–H and O–H groups in total. The third-order valence-corrected chi connectivity index (χ3v) is 5.45. The van der Waals surface area contributed by atoms with Crippen LogP contribution in [0.1, 0.15) is 32.1 Å². The maximum Gasteiger partial charge on any atom is 0.228 e. The van der Waals surface area contributed by atoms with E-state index in [4.69, 9.17) is 4.74 Å². The minimum absolute atomic E-state index is 0.0369. The normalized spacial score (nSPS) is 36.8. The highest BCUT2D eigenvalue weighted by Gasteiger charge is 2.51. The summed E-state index contributed by atoms with van der Waals surface area (Å²) < 4.78 is 5.32. The van der Waals surface area contributed by atoms with Crippen LogP contribution in [0, 0.1) is 17.3 Å². The number of hydrogen-bond donors (Lipinski definition) is 1. The largest absolute Gasteiger partial charge is 0.381 e. The molecule has 5 heteroatoms. The van der Waals surface area contributed by atoms with Gasteiger partial charge in [-0.2, -0.15) is 0 Å². The molecule has 0 aromatic carbocycles. The highest BCUT2D eigenvalue weighted by atomic mass is 16.5. The van der Waals surface area contributed by atoms with Crippen molar-refractivity contribution in [3.8, 4) is 0 Å². The second kappa shape index (κ2) is 5.35. The topological polar surface area (TPSA) is 58.6 Å². The van der Waals surface area contributed by atoms with Gasteiger partial charge in [0.25, 0.3) is 0 Å². The third kappa shape index (κ3) is 2.22. The number of likely N-dealkylation sites (tertiary alicyclic amines) is 1. The molecule has 3 rings (SSSR count). The van der Waals surface area contributed by atoms with Crippen molar-refractivity contribution < 1.29 is 14.3 Å². The van der Waals surface area contributed by atoms with Crippen LogP contribution in [0.25, 0.3) is 0 Å². The SMILES string of the molecule is CNC(=O)[C@@H]1CCC[C@]12CCN(C(=O)C1CCOC1)C2. The lowest BCUT2D eigenvalue weighted by Crippen LogP contribution is -2.41. The molecule has 2 saturated heterocycles. The second-order valence-electron chi connectivity index (χ2n) is 6.49. The van der Waals surface area contributed by atoms with E-state index in [1.54, 1.807) is 7.05 Å². The fraction of sp³-hybridized carbons (Fsp3) is 0.867. The molecule has 0 aromatic rings. The van der Waals surface area contributed by atoms with Gasteiger partial charge in [0.05, 0.1) is 12.5 Å². The van der Waals surface area contributed by atoms with Gasteiger partial charge in [-0.1, -0.05) is 6.42 Å². The molecule has 3 atom stereocenters. The van der Waals surface area contributed by atoms with Gasteiger partial charge >= 0.3 is 0 Å². The quantitative estimate of drug-likeness (QED) is 0.813. The summed E-state index contributed by atoms with van der Waals surface area (Å²) in [6, 6.07) is 0. The van der Waals surface area contributed by atoms with Gasteiger partial charge in [-0.05, 0) is 25.7 Å². The summed E-state index contributed by atoms with van der Waals surface area (Å²) in [7, 11) is 1.71. The Balaban J connectivity index is 1.68. The van der Waals surface area contributed by atoms with E-state index in [1.165, 1.54) is 0 Å². The zero-order valence-electron chi connectivity index (χ0n) is 12.2. The summed E-state index contributed by atoms with van der Waals surface area (Å²) in [5.74, 6) is 0.526. The minimum atomic E-state index is 0.0369. The summed E-state index contributed by atoms with van der Waals surface area (Å²) in [6.07, 6.45) is 4.97. The van der Waals surface area contributed by atoms with Crippen molar-refractivity contribution in [1.82, 2.24) is 10.2 Å². The van der Waals surface area contributed by atoms with Crippen LogP contribution in [-0.2, 0) is 14.3 Å². The molecule has 0 radical (unpaired) electrons. The van der Waals surface area contributed by atoms with E-state index in [0.29, 0.717) is 13.2 Å². The molecule has 5 nitrogen and oxygen atoms in total. The van der Waals surface area contributed by atoms with Gasteiger partial charge in [0, 0.05) is 38.1 Å². The van der Waals surface area contributed by atoms with E-state index in [2.05, 4.69) is 5.32 Å². The van der Waals surface area contributed by atoms with E-state index < -0.39 is 0 Å². The molecule has 0 aromatic heterocycles. The Morgan fingerprint density at radius 1 is 1.30 bits per heavy atom. The number of ether oxygens (including phenoxy) is 1. The molecule has 2 aliphatic heterocycles. The van der Waals surface area contributed by atoms with Crippen LogP contribution in [0.3, 0.4) is 0 Å². The van der Waals surface area contributed by atoms with Gasteiger partial charge in [-0.25, -0.2) is 0 Å². The molecular formula is C15H24N2O3. The van der Waals surface area contributed by atoms with Crippen molar-refractivity contribution in [2.45, 2.75) is 32.1 Å². The van der Waals surface area contributed by atoms with Gasteiger partial charge in [0.1, 0.15) is 0 Å². The van der Waals surface area contributed by atoms with Gasteiger partial charge in [-0.3, -0.25) is 9.59 Å². The summed E-state index contributed by atoms with van der Waals surface area (Å²) in [4.78, 5) is 26.5. The highest BCUT2D eigenvalue weighted by Crippen LogP contribution is 2.50. The highest BCUT2D eigenvalue weighted by molar-refractivity contribution is 5.81. The summed E-state index contributed by atoms with van der Waals surface area (Å²) in [6.45, 7) is 2.85. The van der Waals surface area contributed by atoms with E-state index in [-0.39, 0.29) is 29.1 Å². The van der Waals surface area contributed by atoms with Crippen LogP contribution in [0.2, 0.25) is 0 Å². The number of carbonyl (C=O) groups is 2. The summed E-state index contributed by atoms with van der Waals surface area (Å²) in [5.41, 5.74) is 0.0369. The Hall–Kier alpha value is -1.10. The Morgan fingerprint density at radius 3 is 2.85 bits per heavy atom. The maximum absolute atomic E-state index is 12.5. The van der Waals surface area contributed by atoms with Gasteiger partial charge in [0.15, 0.2) is 0 Å². The molecule has 3 fully saturated rings. The molecule has 112 valence electrons. The predicted molar refractivity (Wildman–Crippen MR) is 74.0 cm³/mol. The molecule has 1 spiro atoms. The van der Waals surface area contributed by atoms with Crippen molar-refractivity contribution in [3.05, 3.63) is 0 Å². The summed E-state index contributed by atoms with van der Waals surface area (Å²) >= 11 is 0. The maximum atomic E-state index is 12.5. The number of hydrogen-bond acceptors (Lipinski definition) is 3. The van der Waals surface area contributed by atoms with Crippen LogP contribution in [0.4, 0.5) is 0 Å². The molecule has 0 bridgehead atoms. The van der Waals surface area contributed by atoms with Crippen LogP contribution in [0.15, 0.2) is 0 Å². The Kier molecular flexibility index (Phi) is 3.71. The van der Waals surface area contributed by atoms with Crippen molar-refractivity contribution in [3.63, 3.8) is 0 Å². The number of rotatable bonds is 2. The lowest BCUT2D eigenvalue weighted by molar-refractivity contribution is -0.136. The molecule has 1 aliphatic carbocycles. The molecule has 1 saturated carbocycles. The fourth-order valence-corrected chi connectivity index (χ4v) is 4.28. The Bertz CT molecular complexity index is 406. The molecule has 1 unspecified atom stereocenters. The zero-order valence-corrected chi connectivity index (χ0v) is 12.2. The van der Waals surface area contributed by atoms with Crippen molar-refractivity contribution in [1.29, 1.82) is 0 Å². The lowest BCUT2D eigenvalue weighted by Gasteiger charge is -2.30. The fourth-order valence-electron chi connectivity index (χ4n) is 4.28. The number of nitrogens with zero attached hydrogens (tertiary/aromatic N) is 1. The Morgan fingerprint density at radius 2 is 2.15 bits per heavy atom. The first-order chi connectivity index (χ1) is 9.66. The van der Waals surface area contributed by atoms with E-state index in [0.717, 1.165) is 45.2 Å². The third-order valence-electron chi connectivity index (χ3n) is 5.45. The zero-order chi connectivity index (χ0) is 14.2. The van der Waals surface area contributed by atoms with Crippen LogP contribution in [-0.4, -0.2) is 50.1 Å². The van der Waals surface area contributed by atoms with Crippen molar-refractivity contribution in [2.24, 2.45) is 17.3 Å². The molecular weight excluding hydrogens is 256 g/mol. The first kappa shape index (κ1) is 13.9. The average molecular weight is 280 g/mol. The van der Waals surface area contributed by atoms with Crippen LogP contribution < -0.4 is 5.32 Å². The van der Waals surface area contributed by atoms with E-state index in [9.17, 15) is 9.59 Å². The number of carbonyl (C=O) groups excluding carboxylic acids is 2. The van der Waals surface area contributed by atoms with Crippen LogP contribution in [0.5, 0.6) is 0 Å². The van der Waals surface area contributed by atoms with Crippen molar-refractivity contribution in [2.75, 3.05) is 33.4 Å². The lowest BCUT2D eigenvalue weighted by atomic mass is 9.76. The number of amides is 2. The van der Waals surface area contributed by atoms with Crippen molar-refractivity contribution >= 4 is 11.8 Å². The average Bonchev–Trinajstić information content (AvgIpc) is 3.19. The van der Waals surface area contributed by atoms with Gasteiger partial charge in [-0.15, -0.1) is 0 Å². The number of nitrogens with one attached hydrogen (secondary N) is 1. The monoisotopic (exact) mass is 280 g/mol. The molecule has 2 amide bonds. The van der Waals surface area contributed by atoms with Gasteiger partial charge in [0.2, 0.25) is 11.8 Å². The smallest absolute Gasteiger partial charge is 0.228 e. The first-order valence-electron chi connectivity index (χ1n) is 7.74. The molecule has 2 heterocycles. The van der Waals surface area contributed by atoms with Gasteiger partial charge < -0.3 is 15.0 Å². The predicted octanol–water partition coefficient (Wildman–Crippen LogP) is 0.788. The molecule has 20 heavy (non-hydrogen) atoms. The Labute approximate surface area is 120 Å². The molecule has 3 aliphatic rings. The van der Waals surface area contributed by atoms with E-state index in [1.807, 2.05) is 4.90 Å². The standard InChI is InChI=1S/C15H24N2O3/c1-16-13(18)12-3-2-5-15(12)6-7-17(10-15)14(19)11-4-8-20-9-11/h11-12H,2-10H2,1H3,(H,16,18)/t11?,12-,15+/m0/s1. The summed E-state index contributed by atoms with van der Waals surface area (Å²) in [5, 5.41) is 2.79. The minimum Gasteiger partial charge on any atom is -0.381 e. The second-order valence-corrected chi connectivity index (χ2v) is 6.49. The van der Waals surface area contributed by atoms with E-state index >= 15 is 0 Å². The van der Waals surface area contributed by atoms with Crippen LogP contribution >= 0.6 is 0 Å².